The van der Waals surface area contributed by atoms with E-state index >= 15 is 0 Å². The molecule has 0 atom stereocenters. The van der Waals surface area contributed by atoms with Crippen LogP contribution in [0.5, 0.6) is 0 Å². The Hall–Kier alpha value is -4.48. The number of carbonyl (C=O) groups excluding carboxylic acids is 2. The Bertz CT molecular complexity index is 1450. The number of likely N-dealkylation sites (N-methyl/N-ethyl adjacent to an activating group) is 1. The van der Waals surface area contributed by atoms with Crippen LogP contribution >= 0.6 is 0 Å². The average molecular weight is 557 g/mol. The molecule has 1 aliphatic heterocycles. The molecule has 5 rings (SSSR count). The van der Waals surface area contributed by atoms with Crippen LogP contribution in [0.4, 0.5) is 16.4 Å². The molecule has 0 bridgehead atoms. The quantitative estimate of drug-likeness (QED) is 0.239. The summed E-state index contributed by atoms with van der Waals surface area (Å²) in [5, 5.41) is 19.4. The van der Waals surface area contributed by atoms with E-state index in [0.29, 0.717) is 29.5 Å². The van der Waals surface area contributed by atoms with Gasteiger partial charge in [-0.25, -0.2) is 4.79 Å². The lowest BCUT2D eigenvalue weighted by Crippen LogP contribution is -2.43. The van der Waals surface area contributed by atoms with Gasteiger partial charge in [0, 0.05) is 62.9 Å². The molecule has 41 heavy (non-hydrogen) atoms. The minimum absolute atomic E-state index is 0.191. The van der Waals surface area contributed by atoms with Gasteiger partial charge in [-0.05, 0) is 35.9 Å². The van der Waals surface area contributed by atoms with Gasteiger partial charge in [0.2, 0.25) is 0 Å². The van der Waals surface area contributed by atoms with Crippen molar-refractivity contribution < 1.29 is 14.1 Å². The number of H-pyrrole nitrogens is 1. The summed E-state index contributed by atoms with van der Waals surface area (Å²) in [6, 6.07) is 18.6. The molecule has 4 N–H and O–H groups in total. The maximum atomic E-state index is 12.8. The number of nitrogens with zero attached hydrogens (tertiary/aromatic N) is 4. The molecule has 1 fully saturated rings. The largest absolute Gasteiger partial charge is 0.359 e. The second kappa shape index (κ2) is 12.8. The molecule has 0 aliphatic carbocycles. The first kappa shape index (κ1) is 28.1. The Morgan fingerprint density at radius 2 is 1.63 bits per heavy atom. The molecule has 3 amide bonds. The highest BCUT2D eigenvalue weighted by molar-refractivity contribution is 6.04. The van der Waals surface area contributed by atoms with Gasteiger partial charge in [0.15, 0.2) is 11.6 Å². The number of hydrogen-bond donors (Lipinski definition) is 4. The molecule has 214 valence electrons. The van der Waals surface area contributed by atoms with Crippen LogP contribution in [0.1, 0.15) is 47.0 Å². The maximum absolute atomic E-state index is 12.8. The van der Waals surface area contributed by atoms with E-state index in [1.807, 2.05) is 62.4 Å². The van der Waals surface area contributed by atoms with Crippen LogP contribution in [0, 0.1) is 0 Å². The number of benzene rings is 2. The lowest BCUT2D eigenvalue weighted by molar-refractivity contribution is 0.102. The standard InChI is InChI=1S/C30H36N8O3/c1-20(2)26-17-28(36-41-26)33-30(40)31-18-21-4-8-23(9-5-21)25-16-27(35-34-25)32-29(39)24-10-6-22(7-11-24)19-38-14-12-37(3)13-15-38/h4-11,16-17,20H,12-15,18-19H2,1-3H3,(H2,31,33,36,40)(H2,32,34,35,39). The van der Waals surface area contributed by atoms with Crippen molar-refractivity contribution in [1.29, 1.82) is 0 Å². The lowest BCUT2D eigenvalue weighted by Gasteiger charge is -2.32. The monoisotopic (exact) mass is 556 g/mol. The van der Waals surface area contributed by atoms with E-state index in [-0.39, 0.29) is 17.9 Å². The first-order chi connectivity index (χ1) is 19.8. The van der Waals surface area contributed by atoms with Crippen molar-refractivity contribution in [1.82, 2.24) is 30.5 Å². The average Bonchev–Trinajstić information content (AvgIpc) is 3.64. The Labute approximate surface area is 239 Å². The van der Waals surface area contributed by atoms with Crippen molar-refractivity contribution in [2.24, 2.45) is 0 Å². The molecule has 4 aromatic rings. The van der Waals surface area contributed by atoms with E-state index in [0.717, 1.165) is 49.5 Å². The Morgan fingerprint density at radius 3 is 2.32 bits per heavy atom. The van der Waals surface area contributed by atoms with E-state index in [4.69, 9.17) is 4.52 Å². The lowest BCUT2D eigenvalue weighted by atomic mass is 10.1. The highest BCUT2D eigenvalue weighted by Gasteiger charge is 2.15. The molecule has 0 spiro atoms. The topological polar surface area (TPSA) is 131 Å². The summed E-state index contributed by atoms with van der Waals surface area (Å²) in [5.41, 5.74) is 4.38. The van der Waals surface area contributed by atoms with Crippen LogP contribution in [-0.4, -0.2) is 70.3 Å². The van der Waals surface area contributed by atoms with E-state index in [2.05, 4.69) is 48.2 Å². The fourth-order valence-electron chi connectivity index (χ4n) is 4.51. The number of piperazine rings is 1. The molecule has 2 aromatic heterocycles. The number of nitrogens with one attached hydrogen (secondary N) is 4. The number of aromatic nitrogens is 3. The number of aromatic amines is 1. The smallest absolute Gasteiger partial charge is 0.320 e. The minimum Gasteiger partial charge on any atom is -0.359 e. The third kappa shape index (κ3) is 7.59. The summed E-state index contributed by atoms with van der Waals surface area (Å²) >= 11 is 0. The van der Waals surface area contributed by atoms with Crippen LogP contribution in [-0.2, 0) is 13.1 Å². The molecular weight excluding hydrogens is 520 g/mol. The predicted octanol–water partition coefficient (Wildman–Crippen LogP) is 4.51. The van der Waals surface area contributed by atoms with Gasteiger partial charge in [0.25, 0.3) is 5.91 Å². The highest BCUT2D eigenvalue weighted by Crippen LogP contribution is 2.21. The number of urea groups is 1. The molecule has 2 aromatic carbocycles. The van der Waals surface area contributed by atoms with E-state index < -0.39 is 0 Å². The third-order valence-electron chi connectivity index (χ3n) is 7.09. The summed E-state index contributed by atoms with van der Waals surface area (Å²) in [6.45, 7) is 9.49. The van der Waals surface area contributed by atoms with Gasteiger partial charge in [-0.1, -0.05) is 55.4 Å². The van der Waals surface area contributed by atoms with E-state index in [1.54, 1.807) is 12.1 Å². The summed E-state index contributed by atoms with van der Waals surface area (Å²) in [4.78, 5) is 29.8. The van der Waals surface area contributed by atoms with Crippen molar-refractivity contribution in [2.75, 3.05) is 43.9 Å². The molecule has 1 aliphatic rings. The molecule has 3 heterocycles. The van der Waals surface area contributed by atoms with E-state index in [1.165, 1.54) is 5.56 Å². The zero-order valence-electron chi connectivity index (χ0n) is 23.6. The zero-order valence-corrected chi connectivity index (χ0v) is 23.6. The number of anilines is 2. The van der Waals surface area contributed by atoms with Crippen molar-refractivity contribution in [2.45, 2.75) is 32.9 Å². The van der Waals surface area contributed by atoms with Gasteiger partial charge < -0.3 is 20.1 Å². The van der Waals surface area contributed by atoms with Gasteiger partial charge >= 0.3 is 6.03 Å². The van der Waals surface area contributed by atoms with Crippen LogP contribution in [0.15, 0.2) is 65.2 Å². The minimum atomic E-state index is -0.365. The first-order valence-corrected chi connectivity index (χ1v) is 13.8. The van der Waals surface area contributed by atoms with Gasteiger partial charge in [-0.3, -0.25) is 20.1 Å². The maximum Gasteiger partial charge on any atom is 0.320 e. The van der Waals surface area contributed by atoms with Crippen molar-refractivity contribution >= 4 is 23.6 Å². The molecular formula is C30H36N8O3. The van der Waals surface area contributed by atoms with Crippen molar-refractivity contribution in [3.05, 3.63) is 83.1 Å². The third-order valence-corrected chi connectivity index (χ3v) is 7.09. The van der Waals surface area contributed by atoms with Crippen LogP contribution in [0.2, 0.25) is 0 Å². The number of amides is 3. The van der Waals surface area contributed by atoms with Gasteiger partial charge in [-0.15, -0.1) is 0 Å². The molecule has 0 unspecified atom stereocenters. The number of hydrogen-bond acceptors (Lipinski definition) is 7. The molecule has 0 saturated carbocycles. The molecule has 11 heteroatoms. The normalized spacial score (nSPS) is 14.2. The van der Waals surface area contributed by atoms with Crippen molar-refractivity contribution in [3.8, 4) is 11.3 Å². The fraction of sp³-hybridized carbons (Fsp3) is 0.333. The molecule has 0 radical (unpaired) electrons. The fourth-order valence-corrected chi connectivity index (χ4v) is 4.51. The van der Waals surface area contributed by atoms with Gasteiger partial charge in [0.1, 0.15) is 5.76 Å². The predicted molar refractivity (Wildman–Crippen MR) is 158 cm³/mol. The van der Waals surface area contributed by atoms with Crippen LogP contribution in [0.25, 0.3) is 11.3 Å². The number of rotatable bonds is 9. The summed E-state index contributed by atoms with van der Waals surface area (Å²) in [6.07, 6.45) is 0. The summed E-state index contributed by atoms with van der Waals surface area (Å²) in [5.74, 6) is 1.52. The first-order valence-electron chi connectivity index (χ1n) is 13.8. The Morgan fingerprint density at radius 1 is 0.927 bits per heavy atom. The van der Waals surface area contributed by atoms with E-state index in [9.17, 15) is 9.59 Å². The number of carbonyl (C=O) groups is 2. The SMILES string of the molecule is CC(C)c1cc(NC(=O)NCc2ccc(-c3cc(NC(=O)c4ccc(CN5CCN(C)CC5)cc4)n[nH]3)cc2)no1. The van der Waals surface area contributed by atoms with Crippen LogP contribution in [0.3, 0.4) is 0 Å². The van der Waals surface area contributed by atoms with Gasteiger partial charge in [0.05, 0.1) is 5.69 Å². The van der Waals surface area contributed by atoms with Crippen molar-refractivity contribution in [3.63, 3.8) is 0 Å². The molecule has 11 nitrogen and oxygen atoms in total. The Kier molecular flexibility index (Phi) is 8.76. The van der Waals surface area contributed by atoms with Gasteiger partial charge in [-0.2, -0.15) is 5.10 Å². The second-order valence-corrected chi connectivity index (χ2v) is 10.7. The van der Waals surface area contributed by atoms with Crippen LogP contribution < -0.4 is 16.0 Å². The Balaban J connectivity index is 1.09. The summed E-state index contributed by atoms with van der Waals surface area (Å²) < 4.78 is 5.19. The summed E-state index contributed by atoms with van der Waals surface area (Å²) in [7, 11) is 2.15. The molecule has 1 saturated heterocycles. The highest BCUT2D eigenvalue weighted by atomic mass is 16.5. The zero-order chi connectivity index (χ0) is 28.8. The second-order valence-electron chi connectivity index (χ2n) is 10.7.